The monoisotopic (exact) mass is 515 g/mol. The lowest BCUT2D eigenvalue weighted by atomic mass is 10.1. The summed E-state index contributed by atoms with van der Waals surface area (Å²) >= 11 is 0. The maximum Gasteiger partial charge on any atom is 0.189 e. The summed E-state index contributed by atoms with van der Waals surface area (Å²) in [7, 11) is 0. The predicted molar refractivity (Wildman–Crippen MR) is 137 cm³/mol. The lowest BCUT2D eigenvalue weighted by Gasteiger charge is -2.23. The second-order valence-corrected chi connectivity index (χ2v) is 9.05. The zero-order valence-corrected chi connectivity index (χ0v) is 20.8. The highest BCUT2D eigenvalue weighted by atomic mass is 19.1. The molecule has 1 aliphatic heterocycles. The van der Waals surface area contributed by atoms with Gasteiger partial charge in [0.2, 0.25) is 0 Å². The average Bonchev–Trinajstić information content (AvgIpc) is 3.26. The highest BCUT2D eigenvalue weighted by Crippen LogP contribution is 2.33. The first-order chi connectivity index (χ1) is 18.4. The standard InChI is InChI=1S/C28H26FN5O4/c1-18-2-3-19(16-33(18)35)17-37-24-12-21(29)13-25(14-24)38-23-6-4-20(5-7-23)27-26(15-30)28(31)34(32-27)22-8-10-36-11-9-22/h2-7,12-14,16,22H,8-11,17,31H2,1H3. The number of nitriles is 1. The molecule has 1 fully saturated rings. The van der Waals surface area contributed by atoms with Crippen LogP contribution in [0.3, 0.4) is 0 Å². The number of hydrogen-bond acceptors (Lipinski definition) is 7. The highest BCUT2D eigenvalue weighted by Gasteiger charge is 2.24. The molecular formula is C28H26FN5O4. The average molecular weight is 516 g/mol. The van der Waals surface area contributed by atoms with Crippen molar-refractivity contribution in [2.75, 3.05) is 18.9 Å². The van der Waals surface area contributed by atoms with Crippen LogP contribution in [0.2, 0.25) is 0 Å². The van der Waals surface area contributed by atoms with E-state index in [-0.39, 0.29) is 24.1 Å². The number of aryl methyl sites for hydroxylation is 1. The van der Waals surface area contributed by atoms with Gasteiger partial charge in [0.1, 0.15) is 52.8 Å². The second-order valence-electron chi connectivity index (χ2n) is 9.05. The molecule has 0 saturated carbocycles. The van der Waals surface area contributed by atoms with E-state index in [1.54, 1.807) is 54.1 Å². The van der Waals surface area contributed by atoms with Gasteiger partial charge in [0.15, 0.2) is 11.9 Å². The lowest BCUT2D eigenvalue weighted by molar-refractivity contribution is -0.612. The Morgan fingerprint density at radius 3 is 2.58 bits per heavy atom. The molecule has 5 rings (SSSR count). The molecule has 2 aromatic carbocycles. The summed E-state index contributed by atoms with van der Waals surface area (Å²) < 4.78 is 33.7. The van der Waals surface area contributed by atoms with Crippen LogP contribution in [0.15, 0.2) is 60.8 Å². The molecule has 0 spiro atoms. The first-order valence-corrected chi connectivity index (χ1v) is 12.2. The molecule has 0 aliphatic carbocycles. The number of pyridine rings is 1. The first kappa shape index (κ1) is 25.0. The fourth-order valence-electron chi connectivity index (χ4n) is 4.31. The zero-order valence-electron chi connectivity index (χ0n) is 20.8. The third-order valence-corrected chi connectivity index (χ3v) is 6.38. The summed E-state index contributed by atoms with van der Waals surface area (Å²) in [6.07, 6.45) is 2.99. The van der Waals surface area contributed by atoms with E-state index < -0.39 is 5.82 Å². The Morgan fingerprint density at radius 2 is 1.87 bits per heavy atom. The molecule has 0 unspecified atom stereocenters. The normalized spacial score (nSPS) is 13.7. The Balaban J connectivity index is 1.31. The first-order valence-electron chi connectivity index (χ1n) is 12.2. The largest absolute Gasteiger partial charge is 0.618 e. The fraction of sp³-hybridized carbons (Fsp3) is 0.250. The number of nitrogen functional groups attached to an aromatic ring is 1. The van der Waals surface area contributed by atoms with Crippen molar-refractivity contribution in [2.24, 2.45) is 0 Å². The molecular weight excluding hydrogens is 489 g/mol. The molecule has 38 heavy (non-hydrogen) atoms. The quantitative estimate of drug-likeness (QED) is 0.277. The summed E-state index contributed by atoms with van der Waals surface area (Å²) in [5.74, 6) is 0.803. The van der Waals surface area contributed by atoms with Crippen LogP contribution in [0.1, 0.15) is 35.7 Å². The maximum absolute atomic E-state index is 14.3. The van der Waals surface area contributed by atoms with E-state index in [4.69, 9.17) is 19.9 Å². The smallest absolute Gasteiger partial charge is 0.189 e. The van der Waals surface area contributed by atoms with Crippen LogP contribution in [0.4, 0.5) is 10.2 Å². The van der Waals surface area contributed by atoms with Gasteiger partial charge in [-0.15, -0.1) is 0 Å². The molecule has 10 heteroatoms. The minimum absolute atomic E-state index is 0.0868. The Kier molecular flexibility index (Phi) is 7.11. The van der Waals surface area contributed by atoms with E-state index in [2.05, 4.69) is 11.2 Å². The third kappa shape index (κ3) is 5.38. The SMILES string of the molecule is Cc1ccc(COc2cc(F)cc(Oc3ccc(-c4nn(C5CCOCC5)c(N)c4C#N)cc3)c2)c[n+]1[O-]. The number of benzene rings is 2. The summed E-state index contributed by atoms with van der Waals surface area (Å²) in [5.41, 5.74) is 9.03. The summed E-state index contributed by atoms with van der Waals surface area (Å²) in [6.45, 7) is 3.07. The van der Waals surface area contributed by atoms with Gasteiger partial charge in [0.25, 0.3) is 0 Å². The van der Waals surface area contributed by atoms with Crippen molar-refractivity contribution in [1.29, 1.82) is 5.26 Å². The number of halogens is 1. The molecule has 3 heterocycles. The second kappa shape index (κ2) is 10.8. The van der Waals surface area contributed by atoms with Gasteiger partial charge in [-0.25, -0.2) is 9.07 Å². The van der Waals surface area contributed by atoms with Crippen LogP contribution >= 0.6 is 0 Å². The van der Waals surface area contributed by atoms with Gasteiger partial charge in [0.05, 0.1) is 11.6 Å². The molecule has 2 N–H and O–H groups in total. The van der Waals surface area contributed by atoms with E-state index in [0.717, 1.165) is 17.6 Å². The highest BCUT2D eigenvalue weighted by molar-refractivity contribution is 5.73. The van der Waals surface area contributed by atoms with Crippen molar-refractivity contribution in [1.82, 2.24) is 9.78 Å². The van der Waals surface area contributed by atoms with Crippen molar-refractivity contribution in [3.05, 3.63) is 88.6 Å². The van der Waals surface area contributed by atoms with Crippen molar-refractivity contribution >= 4 is 5.82 Å². The minimum Gasteiger partial charge on any atom is -0.618 e. The minimum atomic E-state index is -0.523. The van der Waals surface area contributed by atoms with Gasteiger partial charge < -0.3 is 25.2 Å². The van der Waals surface area contributed by atoms with Gasteiger partial charge in [0, 0.05) is 50.0 Å². The number of hydrogen-bond donors (Lipinski definition) is 1. The van der Waals surface area contributed by atoms with Gasteiger partial charge in [-0.1, -0.05) is 0 Å². The van der Waals surface area contributed by atoms with Gasteiger partial charge >= 0.3 is 0 Å². The molecule has 1 aliphatic rings. The zero-order chi connectivity index (χ0) is 26.6. The van der Waals surface area contributed by atoms with E-state index in [0.29, 0.717) is 52.9 Å². The van der Waals surface area contributed by atoms with Gasteiger partial charge in [-0.3, -0.25) is 0 Å². The number of nitrogens with two attached hydrogens (primary N) is 1. The number of anilines is 1. The number of rotatable bonds is 7. The lowest BCUT2D eigenvalue weighted by Crippen LogP contribution is -2.30. The number of aromatic nitrogens is 3. The van der Waals surface area contributed by atoms with E-state index in [9.17, 15) is 14.9 Å². The van der Waals surface area contributed by atoms with Crippen LogP contribution in [0, 0.1) is 29.3 Å². The number of ether oxygens (including phenoxy) is 3. The molecule has 0 atom stereocenters. The van der Waals surface area contributed by atoms with E-state index >= 15 is 0 Å². The predicted octanol–water partition coefficient (Wildman–Crippen LogP) is 4.81. The van der Waals surface area contributed by atoms with Gasteiger partial charge in [-0.05, 0) is 43.2 Å². The van der Waals surface area contributed by atoms with Crippen LogP contribution in [0.5, 0.6) is 17.2 Å². The molecule has 0 bridgehead atoms. The topological polar surface area (TPSA) is 122 Å². The molecule has 0 radical (unpaired) electrons. The van der Waals surface area contributed by atoms with Crippen LogP contribution in [-0.4, -0.2) is 23.0 Å². The van der Waals surface area contributed by atoms with Crippen LogP contribution < -0.4 is 19.9 Å². The Bertz CT molecular complexity index is 1490. The molecule has 9 nitrogen and oxygen atoms in total. The molecule has 1 saturated heterocycles. The van der Waals surface area contributed by atoms with E-state index in [1.165, 1.54) is 18.3 Å². The Morgan fingerprint density at radius 1 is 1.13 bits per heavy atom. The van der Waals surface area contributed by atoms with Crippen molar-refractivity contribution in [2.45, 2.75) is 32.4 Å². The Labute approximate surface area is 219 Å². The maximum atomic E-state index is 14.3. The number of nitrogens with zero attached hydrogens (tertiary/aromatic N) is 4. The van der Waals surface area contributed by atoms with Crippen molar-refractivity contribution in [3.8, 4) is 34.6 Å². The molecule has 4 aromatic rings. The summed E-state index contributed by atoms with van der Waals surface area (Å²) in [6, 6.07) is 16.8. The van der Waals surface area contributed by atoms with E-state index in [1.807, 2.05) is 0 Å². The van der Waals surface area contributed by atoms with Crippen molar-refractivity contribution in [3.63, 3.8) is 0 Å². The molecule has 2 aromatic heterocycles. The summed E-state index contributed by atoms with van der Waals surface area (Å²) in [5, 5.41) is 26.1. The van der Waals surface area contributed by atoms with Crippen LogP contribution in [-0.2, 0) is 11.3 Å². The summed E-state index contributed by atoms with van der Waals surface area (Å²) in [4.78, 5) is 0. The van der Waals surface area contributed by atoms with Crippen LogP contribution in [0.25, 0.3) is 11.3 Å². The Hall–Kier alpha value is -4.62. The molecule has 194 valence electrons. The molecule has 0 amide bonds. The van der Waals surface area contributed by atoms with Gasteiger partial charge in [-0.2, -0.15) is 15.1 Å². The fourth-order valence-corrected chi connectivity index (χ4v) is 4.31. The third-order valence-electron chi connectivity index (χ3n) is 6.38. The van der Waals surface area contributed by atoms with Crippen molar-refractivity contribution < 1.29 is 23.3 Å².